The standard InChI is InChI=1S/C13H18ClNO2/c1-4-5-13(16)15-8-10-7-11(14)9(2)6-12(10)17-3/h6-7H,4-5,8H2,1-3H3,(H,15,16). The summed E-state index contributed by atoms with van der Waals surface area (Å²) >= 11 is 6.05. The molecule has 0 fully saturated rings. The Kier molecular flexibility index (Phi) is 5.29. The molecule has 1 N–H and O–H groups in total. The molecule has 0 atom stereocenters. The number of rotatable bonds is 5. The summed E-state index contributed by atoms with van der Waals surface area (Å²) in [5.41, 5.74) is 1.86. The smallest absolute Gasteiger partial charge is 0.220 e. The number of hydrogen-bond acceptors (Lipinski definition) is 2. The Morgan fingerprint density at radius 2 is 2.18 bits per heavy atom. The largest absolute Gasteiger partial charge is 0.496 e. The molecule has 4 heteroatoms. The van der Waals surface area contributed by atoms with E-state index in [1.54, 1.807) is 7.11 Å². The Bertz CT molecular complexity index is 405. The van der Waals surface area contributed by atoms with Gasteiger partial charge in [0.15, 0.2) is 0 Å². The Balaban J connectivity index is 2.76. The van der Waals surface area contributed by atoms with Gasteiger partial charge in [-0.05, 0) is 31.0 Å². The van der Waals surface area contributed by atoms with Crippen molar-refractivity contribution in [1.29, 1.82) is 0 Å². The van der Waals surface area contributed by atoms with Crippen molar-refractivity contribution >= 4 is 17.5 Å². The number of nitrogens with one attached hydrogen (secondary N) is 1. The highest BCUT2D eigenvalue weighted by Gasteiger charge is 2.08. The lowest BCUT2D eigenvalue weighted by Gasteiger charge is -2.11. The molecule has 0 aliphatic rings. The number of methoxy groups -OCH3 is 1. The van der Waals surface area contributed by atoms with Crippen LogP contribution in [0.1, 0.15) is 30.9 Å². The average molecular weight is 256 g/mol. The Morgan fingerprint density at radius 3 is 2.76 bits per heavy atom. The number of benzene rings is 1. The minimum atomic E-state index is 0.0475. The highest BCUT2D eigenvalue weighted by atomic mass is 35.5. The number of hydrogen-bond donors (Lipinski definition) is 1. The van der Waals surface area contributed by atoms with Crippen LogP contribution >= 0.6 is 11.6 Å². The maximum absolute atomic E-state index is 11.4. The molecule has 0 saturated heterocycles. The van der Waals surface area contributed by atoms with Gasteiger partial charge in [0.05, 0.1) is 7.11 Å². The van der Waals surface area contributed by atoms with E-state index in [1.807, 2.05) is 26.0 Å². The van der Waals surface area contributed by atoms with Crippen molar-refractivity contribution in [2.24, 2.45) is 0 Å². The molecular weight excluding hydrogens is 238 g/mol. The first-order chi connectivity index (χ1) is 8.08. The second-order valence-electron chi connectivity index (χ2n) is 3.94. The van der Waals surface area contributed by atoms with Crippen LogP contribution in [0.3, 0.4) is 0 Å². The molecule has 1 rings (SSSR count). The summed E-state index contributed by atoms with van der Waals surface area (Å²) in [6, 6.07) is 3.71. The molecular formula is C13H18ClNO2. The first-order valence-corrected chi connectivity index (χ1v) is 6.06. The first-order valence-electron chi connectivity index (χ1n) is 5.68. The summed E-state index contributed by atoms with van der Waals surface area (Å²) in [6.45, 7) is 4.34. The van der Waals surface area contributed by atoms with Crippen LogP contribution < -0.4 is 10.1 Å². The van der Waals surface area contributed by atoms with E-state index in [1.165, 1.54) is 0 Å². The van der Waals surface area contributed by atoms with E-state index in [0.717, 1.165) is 23.3 Å². The van der Waals surface area contributed by atoms with Gasteiger partial charge in [0, 0.05) is 23.6 Å². The summed E-state index contributed by atoms with van der Waals surface area (Å²) in [4.78, 5) is 11.4. The molecule has 1 amide bonds. The van der Waals surface area contributed by atoms with Crippen LogP contribution in [0, 0.1) is 6.92 Å². The zero-order chi connectivity index (χ0) is 12.8. The molecule has 3 nitrogen and oxygen atoms in total. The Labute approximate surface area is 107 Å². The van der Waals surface area contributed by atoms with Crippen molar-refractivity contribution in [3.63, 3.8) is 0 Å². The zero-order valence-corrected chi connectivity index (χ0v) is 11.2. The van der Waals surface area contributed by atoms with E-state index >= 15 is 0 Å². The fraction of sp³-hybridized carbons (Fsp3) is 0.462. The second-order valence-corrected chi connectivity index (χ2v) is 4.35. The van der Waals surface area contributed by atoms with Crippen molar-refractivity contribution in [1.82, 2.24) is 5.32 Å². The monoisotopic (exact) mass is 255 g/mol. The van der Waals surface area contributed by atoms with Gasteiger partial charge in [-0.15, -0.1) is 0 Å². The van der Waals surface area contributed by atoms with Crippen LogP contribution in [0.5, 0.6) is 5.75 Å². The first kappa shape index (κ1) is 13.8. The maximum atomic E-state index is 11.4. The minimum Gasteiger partial charge on any atom is -0.496 e. The lowest BCUT2D eigenvalue weighted by Crippen LogP contribution is -2.22. The molecule has 0 aliphatic heterocycles. The van der Waals surface area contributed by atoms with Gasteiger partial charge in [-0.3, -0.25) is 4.79 Å². The molecule has 0 radical (unpaired) electrons. The van der Waals surface area contributed by atoms with Gasteiger partial charge in [0.1, 0.15) is 5.75 Å². The number of ether oxygens (including phenoxy) is 1. The van der Waals surface area contributed by atoms with E-state index in [4.69, 9.17) is 16.3 Å². The fourth-order valence-corrected chi connectivity index (χ4v) is 1.72. The summed E-state index contributed by atoms with van der Waals surface area (Å²) in [6.07, 6.45) is 1.39. The van der Waals surface area contributed by atoms with Gasteiger partial charge in [0.2, 0.25) is 5.91 Å². The lowest BCUT2D eigenvalue weighted by atomic mass is 10.1. The summed E-state index contributed by atoms with van der Waals surface area (Å²) in [7, 11) is 1.61. The van der Waals surface area contributed by atoms with E-state index in [2.05, 4.69) is 5.32 Å². The average Bonchev–Trinajstić information content (AvgIpc) is 2.30. The van der Waals surface area contributed by atoms with Crippen molar-refractivity contribution in [3.05, 3.63) is 28.3 Å². The van der Waals surface area contributed by atoms with Crippen molar-refractivity contribution in [2.75, 3.05) is 7.11 Å². The highest BCUT2D eigenvalue weighted by Crippen LogP contribution is 2.26. The minimum absolute atomic E-state index is 0.0475. The van der Waals surface area contributed by atoms with Gasteiger partial charge < -0.3 is 10.1 Å². The van der Waals surface area contributed by atoms with Gasteiger partial charge in [-0.1, -0.05) is 18.5 Å². The topological polar surface area (TPSA) is 38.3 Å². The number of carbonyl (C=O) groups excluding carboxylic acids is 1. The third-order valence-corrected chi connectivity index (χ3v) is 2.92. The molecule has 1 aromatic carbocycles. The number of aryl methyl sites for hydroxylation is 1. The number of halogens is 1. The van der Waals surface area contributed by atoms with Crippen LogP contribution in [0.25, 0.3) is 0 Å². The maximum Gasteiger partial charge on any atom is 0.220 e. The molecule has 0 aliphatic carbocycles. The Hall–Kier alpha value is -1.22. The summed E-state index contributed by atoms with van der Waals surface area (Å²) in [5, 5.41) is 3.53. The molecule has 0 heterocycles. The zero-order valence-electron chi connectivity index (χ0n) is 10.5. The van der Waals surface area contributed by atoms with Gasteiger partial charge in [-0.25, -0.2) is 0 Å². The molecule has 0 saturated carbocycles. The molecule has 17 heavy (non-hydrogen) atoms. The molecule has 0 spiro atoms. The molecule has 0 aromatic heterocycles. The fourth-order valence-electron chi connectivity index (χ4n) is 1.53. The van der Waals surface area contributed by atoms with Crippen LogP contribution in [-0.4, -0.2) is 13.0 Å². The van der Waals surface area contributed by atoms with Crippen molar-refractivity contribution in [3.8, 4) is 5.75 Å². The quantitative estimate of drug-likeness (QED) is 0.878. The third kappa shape index (κ3) is 3.93. The SMILES string of the molecule is CCCC(=O)NCc1cc(Cl)c(C)cc1OC. The lowest BCUT2D eigenvalue weighted by molar-refractivity contribution is -0.121. The van der Waals surface area contributed by atoms with Crippen LogP contribution in [0.2, 0.25) is 5.02 Å². The normalized spacial score (nSPS) is 10.1. The molecule has 0 unspecified atom stereocenters. The summed E-state index contributed by atoms with van der Waals surface area (Å²) < 4.78 is 5.26. The summed E-state index contributed by atoms with van der Waals surface area (Å²) in [5.74, 6) is 0.801. The predicted octanol–water partition coefficient (Wildman–Crippen LogP) is 3.07. The van der Waals surface area contributed by atoms with E-state index < -0.39 is 0 Å². The van der Waals surface area contributed by atoms with Gasteiger partial charge in [-0.2, -0.15) is 0 Å². The van der Waals surface area contributed by atoms with Crippen LogP contribution in [0.4, 0.5) is 0 Å². The Morgan fingerprint density at radius 1 is 1.47 bits per heavy atom. The second kappa shape index (κ2) is 6.50. The molecule has 94 valence electrons. The molecule has 0 bridgehead atoms. The highest BCUT2D eigenvalue weighted by molar-refractivity contribution is 6.31. The van der Waals surface area contributed by atoms with Crippen molar-refractivity contribution < 1.29 is 9.53 Å². The van der Waals surface area contributed by atoms with E-state index in [-0.39, 0.29) is 5.91 Å². The molecule has 1 aromatic rings. The van der Waals surface area contributed by atoms with Crippen molar-refractivity contribution in [2.45, 2.75) is 33.2 Å². The van der Waals surface area contributed by atoms with E-state index in [9.17, 15) is 4.79 Å². The number of amides is 1. The van der Waals surface area contributed by atoms with Crippen LogP contribution in [0.15, 0.2) is 12.1 Å². The van der Waals surface area contributed by atoms with E-state index in [0.29, 0.717) is 18.0 Å². The predicted molar refractivity (Wildman–Crippen MR) is 69.5 cm³/mol. The van der Waals surface area contributed by atoms with Gasteiger partial charge in [0.25, 0.3) is 0 Å². The van der Waals surface area contributed by atoms with Crippen LogP contribution in [-0.2, 0) is 11.3 Å². The third-order valence-electron chi connectivity index (χ3n) is 2.51. The number of carbonyl (C=O) groups is 1. The van der Waals surface area contributed by atoms with Gasteiger partial charge >= 0.3 is 0 Å².